The minimum atomic E-state index is 0.208. The SMILES string of the molecule is CCOc1ccc(C2NCCc3c2[nH]c2ccc(C)cc32)c(C(C)C)c1. The van der Waals surface area contributed by atoms with Crippen LogP contribution in [0.15, 0.2) is 36.4 Å². The summed E-state index contributed by atoms with van der Waals surface area (Å²) in [5.74, 6) is 1.41. The molecule has 136 valence electrons. The second kappa shape index (κ2) is 6.81. The molecule has 0 saturated heterocycles. The van der Waals surface area contributed by atoms with E-state index in [0.717, 1.165) is 18.7 Å². The quantitative estimate of drug-likeness (QED) is 0.677. The van der Waals surface area contributed by atoms with Crippen LogP contribution >= 0.6 is 0 Å². The highest BCUT2D eigenvalue weighted by Gasteiger charge is 2.27. The average Bonchev–Trinajstić information content (AvgIpc) is 3.00. The number of hydrogen-bond donors (Lipinski definition) is 2. The number of aryl methyl sites for hydroxylation is 1. The number of ether oxygens (including phenoxy) is 1. The Morgan fingerprint density at radius 3 is 2.77 bits per heavy atom. The van der Waals surface area contributed by atoms with Gasteiger partial charge >= 0.3 is 0 Å². The number of benzene rings is 2. The summed E-state index contributed by atoms with van der Waals surface area (Å²) >= 11 is 0. The first-order valence-corrected chi connectivity index (χ1v) is 9.69. The number of aromatic nitrogens is 1. The van der Waals surface area contributed by atoms with Gasteiger partial charge in [-0.15, -0.1) is 0 Å². The molecule has 0 bridgehead atoms. The molecule has 4 rings (SSSR count). The lowest BCUT2D eigenvalue weighted by molar-refractivity contribution is 0.339. The van der Waals surface area contributed by atoms with Gasteiger partial charge in [-0.2, -0.15) is 0 Å². The van der Waals surface area contributed by atoms with Crippen LogP contribution in [0.2, 0.25) is 0 Å². The van der Waals surface area contributed by atoms with Crippen LogP contribution < -0.4 is 10.1 Å². The van der Waals surface area contributed by atoms with E-state index in [-0.39, 0.29) is 6.04 Å². The van der Waals surface area contributed by atoms with Gasteiger partial charge in [-0.05, 0) is 67.1 Å². The molecule has 26 heavy (non-hydrogen) atoms. The topological polar surface area (TPSA) is 37.0 Å². The molecule has 0 saturated carbocycles. The van der Waals surface area contributed by atoms with Gasteiger partial charge in [0, 0.05) is 23.1 Å². The van der Waals surface area contributed by atoms with Gasteiger partial charge in [-0.25, -0.2) is 0 Å². The lowest BCUT2D eigenvalue weighted by Crippen LogP contribution is -2.31. The van der Waals surface area contributed by atoms with Crippen LogP contribution in [0.1, 0.15) is 60.7 Å². The molecule has 3 nitrogen and oxygen atoms in total. The minimum absolute atomic E-state index is 0.208. The van der Waals surface area contributed by atoms with Gasteiger partial charge in [-0.1, -0.05) is 31.5 Å². The Morgan fingerprint density at radius 1 is 1.15 bits per heavy atom. The molecule has 0 fully saturated rings. The first-order valence-electron chi connectivity index (χ1n) is 9.69. The molecule has 1 aromatic heterocycles. The Labute approximate surface area is 155 Å². The molecular formula is C23H28N2O. The molecule has 0 aliphatic carbocycles. The number of rotatable bonds is 4. The molecule has 1 unspecified atom stereocenters. The van der Waals surface area contributed by atoms with Crippen molar-refractivity contribution in [2.45, 2.75) is 46.1 Å². The minimum Gasteiger partial charge on any atom is -0.494 e. The molecular weight excluding hydrogens is 320 g/mol. The van der Waals surface area contributed by atoms with E-state index in [4.69, 9.17) is 4.74 Å². The Kier molecular flexibility index (Phi) is 4.49. The van der Waals surface area contributed by atoms with Crippen molar-refractivity contribution in [3.05, 3.63) is 64.3 Å². The van der Waals surface area contributed by atoms with Gasteiger partial charge in [0.25, 0.3) is 0 Å². The molecule has 3 aromatic rings. The predicted octanol–water partition coefficient (Wildman–Crippen LogP) is 5.23. The summed E-state index contributed by atoms with van der Waals surface area (Å²) in [7, 11) is 0. The predicted molar refractivity (Wildman–Crippen MR) is 108 cm³/mol. The summed E-state index contributed by atoms with van der Waals surface area (Å²) in [6.45, 7) is 10.4. The van der Waals surface area contributed by atoms with Crippen molar-refractivity contribution in [2.75, 3.05) is 13.2 Å². The van der Waals surface area contributed by atoms with Crippen molar-refractivity contribution >= 4 is 10.9 Å². The normalized spacial score (nSPS) is 16.9. The summed E-state index contributed by atoms with van der Waals surface area (Å²) in [6.07, 6.45) is 1.07. The lowest BCUT2D eigenvalue weighted by Gasteiger charge is -2.28. The number of fused-ring (bicyclic) bond motifs is 3. The van der Waals surface area contributed by atoms with Gasteiger partial charge in [0.2, 0.25) is 0 Å². The third-order valence-electron chi connectivity index (χ3n) is 5.41. The van der Waals surface area contributed by atoms with Gasteiger partial charge in [0.15, 0.2) is 0 Å². The highest BCUT2D eigenvalue weighted by molar-refractivity contribution is 5.86. The van der Waals surface area contributed by atoms with Gasteiger partial charge in [0.1, 0.15) is 5.75 Å². The first kappa shape index (κ1) is 17.2. The second-order valence-electron chi connectivity index (χ2n) is 7.58. The number of nitrogens with one attached hydrogen (secondary N) is 2. The van der Waals surface area contributed by atoms with E-state index in [1.165, 1.54) is 38.9 Å². The van der Waals surface area contributed by atoms with E-state index in [1.807, 2.05) is 6.92 Å². The maximum atomic E-state index is 5.74. The second-order valence-corrected chi connectivity index (χ2v) is 7.58. The fourth-order valence-corrected chi connectivity index (χ4v) is 4.18. The molecule has 1 aliphatic rings. The Balaban J connectivity index is 1.84. The zero-order valence-electron chi connectivity index (χ0n) is 16.1. The Hall–Kier alpha value is -2.26. The van der Waals surface area contributed by atoms with Crippen molar-refractivity contribution in [1.29, 1.82) is 0 Å². The maximum Gasteiger partial charge on any atom is 0.119 e. The summed E-state index contributed by atoms with van der Waals surface area (Å²) in [6, 6.07) is 13.5. The molecule has 1 aliphatic heterocycles. The molecule has 2 N–H and O–H groups in total. The third-order valence-corrected chi connectivity index (χ3v) is 5.41. The van der Waals surface area contributed by atoms with Gasteiger partial charge in [0.05, 0.1) is 12.6 Å². The van der Waals surface area contributed by atoms with Crippen molar-refractivity contribution < 1.29 is 4.74 Å². The summed E-state index contributed by atoms with van der Waals surface area (Å²) < 4.78 is 5.74. The van der Waals surface area contributed by atoms with Crippen LogP contribution in [0.25, 0.3) is 10.9 Å². The summed E-state index contributed by atoms with van der Waals surface area (Å²) in [5.41, 5.74) is 8.06. The molecule has 2 aromatic carbocycles. The standard InChI is InChI=1S/C23H28N2O/c1-5-26-16-7-8-17(19(13-16)14(2)3)22-23-18(10-11-24-22)20-12-15(4)6-9-21(20)25-23/h6-9,12-14,22,24-25H,5,10-11H2,1-4H3. The van der Waals surface area contributed by atoms with E-state index in [2.05, 4.69) is 67.5 Å². The van der Waals surface area contributed by atoms with Crippen molar-refractivity contribution in [1.82, 2.24) is 10.3 Å². The monoisotopic (exact) mass is 348 g/mol. The van der Waals surface area contributed by atoms with E-state index < -0.39 is 0 Å². The highest BCUT2D eigenvalue weighted by Crippen LogP contribution is 2.37. The van der Waals surface area contributed by atoms with Crippen LogP contribution in [0.4, 0.5) is 0 Å². The summed E-state index contributed by atoms with van der Waals surface area (Å²) in [4.78, 5) is 3.70. The third kappa shape index (κ3) is 2.90. The molecule has 0 spiro atoms. The molecule has 1 atom stereocenters. The molecule has 0 amide bonds. The number of aromatic amines is 1. The Bertz CT molecular complexity index is 939. The van der Waals surface area contributed by atoms with Crippen LogP contribution in [0, 0.1) is 6.92 Å². The van der Waals surface area contributed by atoms with E-state index >= 15 is 0 Å². The average molecular weight is 348 g/mol. The van der Waals surface area contributed by atoms with E-state index in [0.29, 0.717) is 12.5 Å². The number of hydrogen-bond acceptors (Lipinski definition) is 2. The fourth-order valence-electron chi connectivity index (χ4n) is 4.18. The smallest absolute Gasteiger partial charge is 0.119 e. The molecule has 2 heterocycles. The largest absolute Gasteiger partial charge is 0.494 e. The lowest BCUT2D eigenvalue weighted by atomic mass is 9.87. The Morgan fingerprint density at radius 2 is 2.00 bits per heavy atom. The van der Waals surface area contributed by atoms with Crippen LogP contribution in [0.3, 0.4) is 0 Å². The van der Waals surface area contributed by atoms with E-state index in [1.54, 1.807) is 0 Å². The zero-order valence-corrected chi connectivity index (χ0v) is 16.1. The van der Waals surface area contributed by atoms with Gasteiger partial charge in [-0.3, -0.25) is 0 Å². The van der Waals surface area contributed by atoms with Crippen LogP contribution in [-0.4, -0.2) is 18.1 Å². The zero-order chi connectivity index (χ0) is 18.3. The van der Waals surface area contributed by atoms with Crippen molar-refractivity contribution in [3.63, 3.8) is 0 Å². The van der Waals surface area contributed by atoms with Gasteiger partial charge < -0.3 is 15.0 Å². The van der Waals surface area contributed by atoms with Crippen LogP contribution in [-0.2, 0) is 6.42 Å². The van der Waals surface area contributed by atoms with Crippen molar-refractivity contribution in [2.24, 2.45) is 0 Å². The van der Waals surface area contributed by atoms with Crippen molar-refractivity contribution in [3.8, 4) is 5.75 Å². The maximum absolute atomic E-state index is 5.74. The molecule has 0 radical (unpaired) electrons. The number of H-pyrrole nitrogens is 1. The summed E-state index contributed by atoms with van der Waals surface area (Å²) in [5, 5.41) is 5.12. The molecule has 3 heteroatoms. The van der Waals surface area contributed by atoms with Crippen LogP contribution in [0.5, 0.6) is 5.75 Å². The fraction of sp³-hybridized carbons (Fsp3) is 0.391. The first-order chi connectivity index (χ1) is 12.6. The highest BCUT2D eigenvalue weighted by atomic mass is 16.5. The van der Waals surface area contributed by atoms with E-state index in [9.17, 15) is 0 Å².